The third kappa shape index (κ3) is 17.7. The molecular formula is C17H37NO3S. The van der Waals surface area contributed by atoms with Gasteiger partial charge in [-0.2, -0.15) is 0 Å². The number of unbranched alkanes of at least 4 members (excludes halogenated alkanes) is 3. The molecule has 0 aliphatic rings. The van der Waals surface area contributed by atoms with Crippen molar-refractivity contribution in [3.8, 4) is 0 Å². The summed E-state index contributed by atoms with van der Waals surface area (Å²) in [4.78, 5) is 0. The Kier molecular flexibility index (Phi) is 14.2. The van der Waals surface area contributed by atoms with Crippen LogP contribution in [0.1, 0.15) is 66.2 Å². The minimum absolute atomic E-state index is 0.375. The Balaban J connectivity index is 0. The molecule has 5 heteroatoms. The standard InChI is InChI=1S/C13H30N.C4H8O3S/c1-5-8-11-14(4,12-9-6-2)13-10-7-3;1-4(2)3-8(5,6)7/h5-13H2,1-4H3;1,3H2,2H3,(H,5,6,7)/q+1;/p-1. The SMILES string of the molecule is C=C(C)CS(=O)(=O)[O-].CCCC[N+](C)(CCCC)CCCC. The van der Waals surface area contributed by atoms with Crippen molar-refractivity contribution < 1.29 is 17.5 Å². The molecule has 22 heavy (non-hydrogen) atoms. The fourth-order valence-corrected chi connectivity index (χ4v) is 2.86. The summed E-state index contributed by atoms with van der Waals surface area (Å²) in [6.07, 6.45) is 8.20. The first kappa shape index (κ1) is 23.9. The largest absolute Gasteiger partial charge is 0.748 e. The summed E-state index contributed by atoms with van der Waals surface area (Å²) in [5.74, 6) is -0.451. The summed E-state index contributed by atoms with van der Waals surface area (Å²) in [6.45, 7) is 15.8. The Morgan fingerprint density at radius 2 is 1.27 bits per heavy atom. The molecule has 0 aliphatic heterocycles. The molecule has 0 N–H and O–H groups in total. The Labute approximate surface area is 138 Å². The van der Waals surface area contributed by atoms with Gasteiger partial charge in [-0.3, -0.25) is 0 Å². The minimum Gasteiger partial charge on any atom is -0.748 e. The van der Waals surface area contributed by atoms with Crippen LogP contribution in [0, 0.1) is 0 Å². The maximum Gasteiger partial charge on any atom is 0.0984 e. The van der Waals surface area contributed by atoms with Crippen LogP contribution in [-0.2, 0) is 10.1 Å². The van der Waals surface area contributed by atoms with Gasteiger partial charge in [0.2, 0.25) is 0 Å². The summed E-state index contributed by atoms with van der Waals surface area (Å²) in [5, 5.41) is 0. The molecule has 0 spiro atoms. The zero-order valence-corrected chi connectivity index (χ0v) is 16.2. The van der Waals surface area contributed by atoms with E-state index < -0.39 is 15.9 Å². The number of quaternary nitrogens is 1. The molecule has 134 valence electrons. The molecule has 0 amide bonds. The van der Waals surface area contributed by atoms with Crippen LogP contribution in [-0.4, -0.2) is 49.9 Å². The van der Waals surface area contributed by atoms with Gasteiger partial charge in [0.25, 0.3) is 0 Å². The second kappa shape index (κ2) is 13.1. The lowest BCUT2D eigenvalue weighted by Gasteiger charge is -2.34. The summed E-state index contributed by atoms with van der Waals surface area (Å²) in [6, 6.07) is 0. The van der Waals surface area contributed by atoms with E-state index in [1.54, 1.807) is 0 Å². The van der Waals surface area contributed by atoms with E-state index in [9.17, 15) is 13.0 Å². The van der Waals surface area contributed by atoms with Gasteiger partial charge in [0, 0.05) is 0 Å². The van der Waals surface area contributed by atoms with Crippen molar-refractivity contribution in [2.45, 2.75) is 66.2 Å². The number of nitrogens with zero attached hydrogens (tertiary/aromatic N) is 1. The molecule has 0 radical (unpaired) electrons. The number of hydrogen-bond donors (Lipinski definition) is 0. The molecule has 0 aromatic carbocycles. The van der Waals surface area contributed by atoms with E-state index in [4.69, 9.17) is 0 Å². The molecule has 0 aliphatic carbocycles. The smallest absolute Gasteiger partial charge is 0.0984 e. The third-order valence-electron chi connectivity index (χ3n) is 3.58. The van der Waals surface area contributed by atoms with Gasteiger partial charge in [-0.15, -0.1) is 0 Å². The lowest BCUT2D eigenvalue weighted by atomic mass is 10.2. The molecule has 0 heterocycles. The highest BCUT2D eigenvalue weighted by atomic mass is 32.2. The van der Waals surface area contributed by atoms with Crippen molar-refractivity contribution in [3.63, 3.8) is 0 Å². The van der Waals surface area contributed by atoms with Crippen molar-refractivity contribution in [3.05, 3.63) is 12.2 Å². The summed E-state index contributed by atoms with van der Waals surface area (Å²) < 4.78 is 30.8. The summed E-state index contributed by atoms with van der Waals surface area (Å²) in [7, 11) is -1.63. The first-order chi connectivity index (χ1) is 10.1. The van der Waals surface area contributed by atoms with Crippen molar-refractivity contribution in [1.29, 1.82) is 0 Å². The van der Waals surface area contributed by atoms with Gasteiger partial charge in [0.05, 0.1) is 42.6 Å². The summed E-state index contributed by atoms with van der Waals surface area (Å²) in [5.41, 5.74) is 0.375. The van der Waals surface area contributed by atoms with E-state index >= 15 is 0 Å². The number of rotatable bonds is 11. The monoisotopic (exact) mass is 335 g/mol. The zero-order valence-electron chi connectivity index (χ0n) is 15.4. The van der Waals surface area contributed by atoms with E-state index in [-0.39, 0.29) is 0 Å². The molecule has 0 atom stereocenters. The lowest BCUT2D eigenvalue weighted by molar-refractivity contribution is -0.910. The van der Waals surface area contributed by atoms with Crippen LogP contribution in [0.5, 0.6) is 0 Å². The summed E-state index contributed by atoms with van der Waals surface area (Å²) >= 11 is 0. The van der Waals surface area contributed by atoms with E-state index in [1.807, 2.05) is 0 Å². The zero-order chi connectivity index (χ0) is 17.6. The fraction of sp³-hybridized carbons (Fsp3) is 0.882. The molecule has 0 rings (SSSR count). The van der Waals surface area contributed by atoms with Crippen LogP contribution < -0.4 is 0 Å². The predicted octanol–water partition coefficient (Wildman–Crippen LogP) is 3.94. The van der Waals surface area contributed by atoms with Crippen LogP contribution >= 0.6 is 0 Å². The first-order valence-electron chi connectivity index (χ1n) is 8.51. The quantitative estimate of drug-likeness (QED) is 0.326. The van der Waals surface area contributed by atoms with Gasteiger partial charge in [-0.25, -0.2) is 8.42 Å². The van der Waals surface area contributed by atoms with Crippen molar-refractivity contribution >= 4 is 10.1 Å². The lowest BCUT2D eigenvalue weighted by Crippen LogP contribution is -2.46. The third-order valence-corrected chi connectivity index (χ3v) is 4.42. The molecule has 0 aromatic rings. The van der Waals surface area contributed by atoms with Crippen LogP contribution in [0.25, 0.3) is 0 Å². The normalized spacial score (nSPS) is 11.7. The van der Waals surface area contributed by atoms with Crippen LogP contribution in [0.3, 0.4) is 0 Å². The Morgan fingerprint density at radius 3 is 1.41 bits per heavy atom. The van der Waals surface area contributed by atoms with Crippen molar-refractivity contribution in [2.75, 3.05) is 32.4 Å². The van der Waals surface area contributed by atoms with E-state index in [0.717, 1.165) is 0 Å². The van der Waals surface area contributed by atoms with Crippen molar-refractivity contribution in [2.24, 2.45) is 0 Å². The van der Waals surface area contributed by atoms with Gasteiger partial charge in [-0.1, -0.05) is 52.2 Å². The van der Waals surface area contributed by atoms with Gasteiger partial charge in [-0.05, 0) is 26.2 Å². The predicted molar refractivity (Wildman–Crippen MR) is 94.9 cm³/mol. The highest BCUT2D eigenvalue weighted by molar-refractivity contribution is 7.85. The first-order valence-corrected chi connectivity index (χ1v) is 10.1. The van der Waals surface area contributed by atoms with E-state index in [1.165, 1.54) is 69.6 Å². The van der Waals surface area contributed by atoms with E-state index in [0.29, 0.717) is 5.57 Å². The van der Waals surface area contributed by atoms with Gasteiger partial charge in [0.1, 0.15) is 0 Å². The van der Waals surface area contributed by atoms with E-state index in [2.05, 4.69) is 34.4 Å². The highest BCUT2D eigenvalue weighted by Crippen LogP contribution is 2.10. The maximum atomic E-state index is 9.83. The molecule has 0 unspecified atom stereocenters. The van der Waals surface area contributed by atoms with Crippen LogP contribution in [0.2, 0.25) is 0 Å². The molecule has 0 saturated heterocycles. The number of hydrogen-bond acceptors (Lipinski definition) is 3. The van der Waals surface area contributed by atoms with Crippen LogP contribution in [0.4, 0.5) is 0 Å². The minimum atomic E-state index is -4.07. The average molecular weight is 336 g/mol. The fourth-order valence-electron chi connectivity index (χ4n) is 2.26. The Bertz CT molecular complexity index is 356. The van der Waals surface area contributed by atoms with Gasteiger partial charge in [0.15, 0.2) is 0 Å². The van der Waals surface area contributed by atoms with Crippen molar-refractivity contribution in [1.82, 2.24) is 0 Å². The van der Waals surface area contributed by atoms with Crippen LogP contribution in [0.15, 0.2) is 12.2 Å². The Morgan fingerprint density at radius 1 is 0.955 bits per heavy atom. The molecule has 0 bridgehead atoms. The molecule has 4 nitrogen and oxygen atoms in total. The second-order valence-electron chi connectivity index (χ2n) is 6.51. The van der Waals surface area contributed by atoms with Gasteiger partial charge < -0.3 is 9.04 Å². The Hall–Kier alpha value is -0.390. The second-order valence-corrected chi connectivity index (χ2v) is 7.91. The molecule has 0 saturated carbocycles. The molecular weight excluding hydrogens is 298 g/mol. The maximum absolute atomic E-state index is 9.83. The topological polar surface area (TPSA) is 57.2 Å². The molecule has 0 aromatic heterocycles. The average Bonchev–Trinajstić information content (AvgIpc) is 2.39. The molecule has 0 fully saturated rings. The highest BCUT2D eigenvalue weighted by Gasteiger charge is 2.18. The van der Waals surface area contributed by atoms with Gasteiger partial charge >= 0.3 is 0 Å².